The Kier molecular flexibility index (Phi) is 4.17. The van der Waals surface area contributed by atoms with Gasteiger partial charge in [-0.3, -0.25) is 4.40 Å². The van der Waals surface area contributed by atoms with Gasteiger partial charge < -0.3 is 9.47 Å². The van der Waals surface area contributed by atoms with Crippen molar-refractivity contribution in [2.75, 3.05) is 7.11 Å². The standard InChI is InChI=1S/C15H15BrN2O2S/c1-3-10-4-5-12(13(8-10)19-2)20-14-11(9-16)18-6-7-21-15(18)17-14/h4-8H,3,9H2,1-2H3. The highest BCUT2D eigenvalue weighted by Gasteiger charge is 2.16. The second-order valence-electron chi connectivity index (χ2n) is 4.49. The topological polar surface area (TPSA) is 35.8 Å². The Morgan fingerprint density at radius 3 is 2.90 bits per heavy atom. The van der Waals surface area contributed by atoms with Gasteiger partial charge in [-0.25, -0.2) is 0 Å². The van der Waals surface area contributed by atoms with Crippen molar-refractivity contribution in [3.63, 3.8) is 0 Å². The Hall–Kier alpha value is -1.53. The zero-order chi connectivity index (χ0) is 14.8. The fourth-order valence-corrected chi connectivity index (χ4v) is 3.37. The van der Waals surface area contributed by atoms with Crippen molar-refractivity contribution in [1.29, 1.82) is 0 Å². The maximum atomic E-state index is 5.98. The molecule has 3 rings (SSSR count). The van der Waals surface area contributed by atoms with Gasteiger partial charge in [-0.15, -0.1) is 11.3 Å². The number of rotatable bonds is 5. The first-order chi connectivity index (χ1) is 10.3. The highest BCUT2D eigenvalue weighted by Crippen LogP contribution is 2.35. The lowest BCUT2D eigenvalue weighted by molar-refractivity contribution is 0.373. The Morgan fingerprint density at radius 1 is 1.33 bits per heavy atom. The molecule has 0 aliphatic rings. The van der Waals surface area contributed by atoms with Crippen LogP contribution in [-0.2, 0) is 11.8 Å². The molecule has 3 aromatic rings. The van der Waals surface area contributed by atoms with E-state index in [0.717, 1.165) is 22.8 Å². The van der Waals surface area contributed by atoms with Crippen LogP contribution in [0.4, 0.5) is 0 Å². The van der Waals surface area contributed by atoms with Gasteiger partial charge in [-0.2, -0.15) is 4.98 Å². The van der Waals surface area contributed by atoms with Crippen LogP contribution in [0.25, 0.3) is 4.96 Å². The molecule has 0 spiro atoms. The van der Waals surface area contributed by atoms with E-state index >= 15 is 0 Å². The molecule has 6 heteroatoms. The number of nitrogens with zero attached hydrogens (tertiary/aromatic N) is 2. The van der Waals surface area contributed by atoms with E-state index in [4.69, 9.17) is 9.47 Å². The number of hydrogen-bond acceptors (Lipinski definition) is 4. The lowest BCUT2D eigenvalue weighted by Gasteiger charge is -2.10. The Bertz CT molecular complexity index is 766. The van der Waals surface area contributed by atoms with E-state index in [1.54, 1.807) is 18.4 Å². The second-order valence-corrected chi connectivity index (χ2v) is 5.93. The van der Waals surface area contributed by atoms with Crippen molar-refractivity contribution in [2.45, 2.75) is 18.7 Å². The minimum atomic E-state index is 0.612. The molecule has 0 saturated carbocycles. The fourth-order valence-electron chi connectivity index (χ4n) is 2.14. The average molecular weight is 367 g/mol. The van der Waals surface area contributed by atoms with Gasteiger partial charge >= 0.3 is 0 Å². The van der Waals surface area contributed by atoms with Gasteiger partial charge in [0.1, 0.15) is 0 Å². The summed E-state index contributed by atoms with van der Waals surface area (Å²) in [6, 6.07) is 5.98. The highest BCUT2D eigenvalue weighted by molar-refractivity contribution is 9.08. The molecule has 0 aliphatic carbocycles. The molecule has 21 heavy (non-hydrogen) atoms. The molecule has 2 aromatic heterocycles. The molecule has 0 bridgehead atoms. The molecule has 1 aromatic carbocycles. The summed E-state index contributed by atoms with van der Waals surface area (Å²) in [4.78, 5) is 5.45. The van der Waals surface area contributed by atoms with Crippen LogP contribution in [0.1, 0.15) is 18.2 Å². The lowest BCUT2D eigenvalue weighted by atomic mass is 10.1. The zero-order valence-corrected chi connectivity index (χ0v) is 14.2. The minimum Gasteiger partial charge on any atom is -0.493 e. The Balaban J connectivity index is 1.99. The molecule has 0 saturated heterocycles. The highest BCUT2D eigenvalue weighted by atomic mass is 79.9. The van der Waals surface area contributed by atoms with E-state index in [1.807, 2.05) is 34.2 Å². The van der Waals surface area contributed by atoms with Gasteiger partial charge in [0.2, 0.25) is 5.88 Å². The van der Waals surface area contributed by atoms with Crippen LogP contribution < -0.4 is 9.47 Å². The summed E-state index contributed by atoms with van der Waals surface area (Å²) in [5.41, 5.74) is 2.21. The first-order valence-electron chi connectivity index (χ1n) is 6.62. The number of methoxy groups -OCH3 is 1. The van der Waals surface area contributed by atoms with Crippen molar-refractivity contribution >= 4 is 32.2 Å². The fraction of sp³-hybridized carbons (Fsp3) is 0.267. The predicted molar refractivity (Wildman–Crippen MR) is 88.1 cm³/mol. The second kappa shape index (κ2) is 6.07. The molecule has 0 atom stereocenters. The molecular weight excluding hydrogens is 352 g/mol. The van der Waals surface area contributed by atoms with Crippen LogP contribution in [0.15, 0.2) is 29.8 Å². The van der Waals surface area contributed by atoms with Crippen molar-refractivity contribution in [1.82, 2.24) is 9.38 Å². The summed E-state index contributed by atoms with van der Waals surface area (Å²) in [6.07, 6.45) is 2.96. The molecule has 0 unspecified atom stereocenters. The van der Waals surface area contributed by atoms with Gasteiger partial charge in [-0.1, -0.05) is 28.9 Å². The van der Waals surface area contributed by atoms with Gasteiger partial charge in [0, 0.05) is 16.9 Å². The number of aryl methyl sites for hydroxylation is 1. The molecule has 4 nitrogen and oxygen atoms in total. The van der Waals surface area contributed by atoms with Gasteiger partial charge in [0.05, 0.1) is 12.8 Å². The number of fused-ring (bicyclic) bond motifs is 1. The molecule has 110 valence electrons. The minimum absolute atomic E-state index is 0.612. The largest absolute Gasteiger partial charge is 0.493 e. The van der Waals surface area contributed by atoms with E-state index < -0.39 is 0 Å². The number of imidazole rings is 1. The number of aromatic nitrogens is 2. The summed E-state index contributed by atoms with van der Waals surface area (Å²) in [5.74, 6) is 2.02. The van der Waals surface area contributed by atoms with Crippen molar-refractivity contribution in [3.05, 3.63) is 41.0 Å². The summed E-state index contributed by atoms with van der Waals surface area (Å²) in [6.45, 7) is 2.11. The SMILES string of the molecule is CCc1ccc(Oc2nc3sccn3c2CBr)c(OC)c1. The maximum absolute atomic E-state index is 5.98. The van der Waals surface area contributed by atoms with Crippen LogP contribution in [0.5, 0.6) is 17.4 Å². The predicted octanol–water partition coefficient (Wildman–Crippen LogP) is 4.65. The molecule has 0 aliphatic heterocycles. The Morgan fingerprint density at radius 2 is 2.19 bits per heavy atom. The maximum Gasteiger partial charge on any atom is 0.243 e. The molecule has 2 heterocycles. The third kappa shape index (κ3) is 2.65. The van der Waals surface area contributed by atoms with Crippen LogP contribution >= 0.6 is 27.3 Å². The van der Waals surface area contributed by atoms with Gasteiger partial charge in [-0.05, 0) is 24.1 Å². The summed E-state index contributed by atoms with van der Waals surface area (Å²) >= 11 is 5.08. The van der Waals surface area contributed by atoms with Crippen molar-refractivity contribution in [2.24, 2.45) is 0 Å². The number of alkyl halides is 1. The van der Waals surface area contributed by atoms with E-state index in [0.29, 0.717) is 17.0 Å². The first-order valence-corrected chi connectivity index (χ1v) is 8.62. The summed E-state index contributed by atoms with van der Waals surface area (Å²) in [5, 5.41) is 2.69. The lowest BCUT2D eigenvalue weighted by Crippen LogP contribution is -1.95. The van der Waals surface area contributed by atoms with Crippen LogP contribution in [0.3, 0.4) is 0 Å². The van der Waals surface area contributed by atoms with Gasteiger partial charge in [0.25, 0.3) is 0 Å². The normalized spacial score (nSPS) is 11.0. The van der Waals surface area contributed by atoms with Gasteiger partial charge in [0.15, 0.2) is 16.5 Å². The van der Waals surface area contributed by atoms with E-state index in [9.17, 15) is 0 Å². The molecule has 0 fully saturated rings. The molecular formula is C15H15BrN2O2S. The number of ether oxygens (including phenoxy) is 2. The van der Waals surface area contributed by atoms with Crippen LogP contribution in [-0.4, -0.2) is 16.5 Å². The third-order valence-electron chi connectivity index (χ3n) is 3.29. The van der Waals surface area contributed by atoms with Crippen molar-refractivity contribution in [3.8, 4) is 17.4 Å². The molecule has 0 radical (unpaired) electrons. The van der Waals surface area contributed by atoms with E-state index in [-0.39, 0.29) is 0 Å². The molecule has 0 N–H and O–H groups in total. The van der Waals surface area contributed by atoms with Crippen molar-refractivity contribution < 1.29 is 9.47 Å². The average Bonchev–Trinajstić information content (AvgIpc) is 3.08. The Labute approximate surface area is 135 Å². The number of thiazole rings is 1. The van der Waals surface area contributed by atoms with E-state index in [1.165, 1.54) is 5.56 Å². The third-order valence-corrected chi connectivity index (χ3v) is 4.58. The summed E-state index contributed by atoms with van der Waals surface area (Å²) < 4.78 is 13.4. The smallest absolute Gasteiger partial charge is 0.243 e. The first kappa shape index (κ1) is 14.4. The number of hydrogen-bond donors (Lipinski definition) is 0. The zero-order valence-electron chi connectivity index (χ0n) is 11.8. The number of halogens is 1. The summed E-state index contributed by atoms with van der Waals surface area (Å²) in [7, 11) is 1.65. The van der Waals surface area contributed by atoms with Crippen LogP contribution in [0, 0.1) is 0 Å². The van der Waals surface area contributed by atoms with E-state index in [2.05, 4.69) is 27.8 Å². The van der Waals surface area contributed by atoms with Crippen LogP contribution in [0.2, 0.25) is 0 Å². The monoisotopic (exact) mass is 366 g/mol. The molecule has 0 amide bonds. The quantitative estimate of drug-likeness (QED) is 0.616. The number of benzene rings is 1.